The topological polar surface area (TPSA) is 168 Å². The number of benzene rings is 1. The summed E-state index contributed by atoms with van der Waals surface area (Å²) in [5.41, 5.74) is 2.57. The normalized spacial score (nSPS) is 31.0. The van der Waals surface area contributed by atoms with Crippen LogP contribution in [0.25, 0.3) is 22.3 Å². The molecular formula is C47H56N6O8. The van der Waals surface area contributed by atoms with Gasteiger partial charge in [0.15, 0.2) is 5.75 Å². The Bertz CT molecular complexity index is 2540. The quantitative estimate of drug-likeness (QED) is 0.170. The van der Waals surface area contributed by atoms with E-state index in [9.17, 15) is 24.6 Å². The van der Waals surface area contributed by atoms with Crippen LogP contribution in [0.4, 0.5) is 0 Å². The predicted molar refractivity (Wildman–Crippen MR) is 231 cm³/mol. The summed E-state index contributed by atoms with van der Waals surface area (Å²) in [5, 5.41) is 31.2. The first kappa shape index (κ1) is 43.5. The Hall–Kier alpha value is -5.62. The number of piperazine rings is 1. The van der Waals surface area contributed by atoms with Crippen LogP contribution in [0.3, 0.4) is 0 Å². The number of phenols is 1. The molecule has 1 aromatic carbocycles. The number of imidazole rings is 1. The van der Waals surface area contributed by atoms with Gasteiger partial charge in [0.25, 0.3) is 5.91 Å². The van der Waals surface area contributed by atoms with Gasteiger partial charge in [0.1, 0.15) is 34.7 Å². The van der Waals surface area contributed by atoms with Crippen LogP contribution in [0.15, 0.2) is 64.6 Å². The average molecular weight is 833 g/mol. The highest BCUT2D eigenvalue weighted by Gasteiger charge is 2.45. The molecule has 4 aliphatic rings. The van der Waals surface area contributed by atoms with E-state index >= 15 is 0 Å². The Morgan fingerprint density at radius 3 is 2.57 bits per heavy atom. The molecule has 1 amide bonds. The third kappa shape index (κ3) is 8.78. The van der Waals surface area contributed by atoms with Crippen molar-refractivity contribution in [3.05, 3.63) is 76.2 Å². The first-order valence-corrected chi connectivity index (χ1v) is 21.1. The molecule has 3 aromatic rings. The second-order valence-corrected chi connectivity index (χ2v) is 17.1. The van der Waals surface area contributed by atoms with Gasteiger partial charge in [0, 0.05) is 75.0 Å². The van der Waals surface area contributed by atoms with Crippen LogP contribution in [0.2, 0.25) is 0 Å². The van der Waals surface area contributed by atoms with Crippen LogP contribution < -0.4 is 10.6 Å². The Morgan fingerprint density at radius 1 is 1.10 bits per heavy atom. The monoisotopic (exact) mass is 832 g/mol. The zero-order valence-electron chi connectivity index (χ0n) is 36.2. The number of aliphatic hydroxyl groups is 1. The minimum atomic E-state index is -0.892. The van der Waals surface area contributed by atoms with Gasteiger partial charge in [-0.1, -0.05) is 51.8 Å². The van der Waals surface area contributed by atoms with Crippen molar-refractivity contribution in [2.24, 2.45) is 45.6 Å². The number of ketones is 1. The summed E-state index contributed by atoms with van der Waals surface area (Å²) in [4.78, 5) is 53.1. The number of hydrazone groups is 1. The number of hydrogen-bond donors (Lipinski definition) is 2. The summed E-state index contributed by atoms with van der Waals surface area (Å²) < 4.78 is 20.2. The molecule has 2 aromatic heterocycles. The van der Waals surface area contributed by atoms with E-state index < -0.39 is 65.4 Å². The number of carbonyl (C=O) groups is 3. The molecule has 9 atom stereocenters. The van der Waals surface area contributed by atoms with Gasteiger partial charge in [0.05, 0.1) is 30.2 Å². The molecule has 322 valence electrons. The molecule has 7 rings (SSSR count). The number of Topliss-reactive ketones (excluding diaryl/α,β-unsaturated/α-hetero) is 1. The largest absolute Gasteiger partial charge is 0.505 e. The Balaban J connectivity index is 1.55. The van der Waals surface area contributed by atoms with Gasteiger partial charge in [-0.3, -0.25) is 23.8 Å². The highest BCUT2D eigenvalue weighted by Crippen LogP contribution is 2.40. The highest BCUT2D eigenvalue weighted by molar-refractivity contribution is 6.14. The minimum Gasteiger partial charge on any atom is -0.505 e. The standard InChI is InChI=1S/C47H56N6O8/c1-26-10-9-11-27(2)47(58)50-42-43-41(49-37-23-32(14-16-53(37)43)24-48-52-19-17-51(7)18-20-52)39-34-25-60-21-15-36(59-8)38(29(4)33(34)12-13-35(55)40(39)45(42)57)46(61-31(6)54)30(5)44(56)28(3)22-26/h9-11,14-16,21,23-24,26,28-30,33,36,38,44,46,56-57H,17-20,22,25H2,1-8H3/b10-9+,21-15+,27-11-,48-24+,50-42?/t26-,28+,29?,30+,33?,36-,38-,44+,46-/m0/s1. The van der Waals surface area contributed by atoms with E-state index in [0.717, 1.165) is 31.7 Å². The van der Waals surface area contributed by atoms with Crippen molar-refractivity contribution in [1.29, 1.82) is 0 Å². The Kier molecular flexibility index (Phi) is 12.9. The van der Waals surface area contributed by atoms with Gasteiger partial charge >= 0.3 is 5.97 Å². The molecule has 6 bridgehead atoms. The van der Waals surface area contributed by atoms with E-state index in [-0.39, 0.29) is 29.4 Å². The number of nitrogens with zero attached hydrogens (tertiary/aromatic N) is 6. The van der Waals surface area contributed by atoms with Crippen molar-refractivity contribution < 1.29 is 38.8 Å². The number of carbonyl (C=O) groups excluding carboxylic acids is 3. The maximum absolute atomic E-state index is 14.4. The number of likely N-dealkylation sites (N-methyl/N-ethyl adjacent to an activating group) is 1. The number of rotatable bonds is 4. The second-order valence-electron chi connectivity index (χ2n) is 17.1. The van der Waals surface area contributed by atoms with E-state index in [0.29, 0.717) is 39.5 Å². The zero-order chi connectivity index (χ0) is 43.7. The average Bonchev–Trinajstić information content (AvgIpc) is 3.56. The Labute approximate surface area is 356 Å². The number of aromatic nitrogens is 2. The molecule has 2 N–H and O–H groups in total. The van der Waals surface area contributed by atoms with Crippen molar-refractivity contribution in [2.75, 3.05) is 46.9 Å². The number of methoxy groups -OCH3 is 1. The van der Waals surface area contributed by atoms with Crippen molar-refractivity contribution >= 4 is 46.1 Å². The van der Waals surface area contributed by atoms with Crippen molar-refractivity contribution in [3.63, 3.8) is 0 Å². The summed E-state index contributed by atoms with van der Waals surface area (Å²) in [7, 11) is 3.65. The number of aromatic hydroxyl groups is 1. The molecule has 1 fully saturated rings. The lowest BCUT2D eigenvalue weighted by Gasteiger charge is -2.42. The van der Waals surface area contributed by atoms with Gasteiger partial charge in [-0.05, 0) is 73.4 Å². The molecule has 0 spiro atoms. The number of ether oxygens (including phenoxy) is 3. The number of fused-ring (bicyclic) bond motifs is 6. The summed E-state index contributed by atoms with van der Waals surface area (Å²) in [6, 6.07) is 3.72. The van der Waals surface area contributed by atoms with E-state index in [1.54, 1.807) is 49.1 Å². The second kappa shape index (κ2) is 18.2. The number of hydrogen-bond acceptors (Lipinski definition) is 12. The zero-order valence-corrected chi connectivity index (χ0v) is 36.2. The SMILES string of the molecule is CO[C@H]1/C=C/OCC2=c3c4c(O)c(c5c3nc3cc(/C=N/N6CCN(C)CC6)ccn35)=NC(=O)/C(C)=C\C=C\[C@H](C)C[C@@H](C)[C@@H](O)[C@@H](C)[C@H](OC(C)=O)[C@H]1C(C)C2C#CC4=O. The van der Waals surface area contributed by atoms with Crippen LogP contribution in [0, 0.1) is 47.3 Å². The molecule has 1 aliphatic carbocycles. The number of phenolic OH excluding ortho intramolecular Hbond substituents is 1. The predicted octanol–water partition coefficient (Wildman–Crippen LogP) is 3.81. The molecule has 1 saturated heterocycles. The van der Waals surface area contributed by atoms with Crippen molar-refractivity contribution in [1.82, 2.24) is 19.3 Å². The van der Waals surface area contributed by atoms with Crippen LogP contribution in [0.5, 0.6) is 5.75 Å². The van der Waals surface area contributed by atoms with Crippen molar-refractivity contribution in [3.8, 4) is 17.6 Å². The number of allylic oxidation sites excluding steroid dienone is 3. The van der Waals surface area contributed by atoms with Crippen molar-refractivity contribution in [2.45, 2.75) is 66.3 Å². The highest BCUT2D eigenvalue weighted by atomic mass is 16.5. The first-order chi connectivity index (χ1) is 29.2. The van der Waals surface area contributed by atoms with Gasteiger partial charge < -0.3 is 29.3 Å². The molecule has 5 heterocycles. The number of amides is 1. The fraction of sp³-hybridized carbons (Fsp3) is 0.489. The van der Waals surface area contributed by atoms with Gasteiger partial charge in [0.2, 0.25) is 5.78 Å². The molecule has 0 radical (unpaired) electrons. The minimum absolute atomic E-state index is 0.00621. The maximum atomic E-state index is 14.4. The summed E-state index contributed by atoms with van der Waals surface area (Å²) in [6.07, 6.45) is 10.4. The van der Waals surface area contributed by atoms with Gasteiger partial charge in [-0.25, -0.2) is 9.98 Å². The lowest BCUT2D eigenvalue weighted by molar-refractivity contribution is -0.163. The number of esters is 1. The maximum Gasteiger partial charge on any atom is 0.302 e. The van der Waals surface area contributed by atoms with E-state index in [2.05, 4.69) is 28.8 Å². The lowest BCUT2D eigenvalue weighted by atomic mass is 9.69. The smallest absolute Gasteiger partial charge is 0.302 e. The van der Waals surface area contributed by atoms with Crippen LogP contribution in [-0.2, 0) is 23.8 Å². The van der Waals surface area contributed by atoms with Gasteiger partial charge in [-0.15, -0.1) is 0 Å². The van der Waals surface area contributed by atoms with E-state index in [1.165, 1.54) is 13.2 Å². The molecule has 0 saturated carbocycles. The molecule has 3 aliphatic heterocycles. The molecule has 61 heavy (non-hydrogen) atoms. The fourth-order valence-corrected chi connectivity index (χ4v) is 9.31. The molecule has 2 unspecified atom stereocenters. The molecule has 14 nitrogen and oxygen atoms in total. The van der Waals surface area contributed by atoms with E-state index in [4.69, 9.17) is 24.3 Å². The van der Waals surface area contributed by atoms with Crippen LogP contribution in [0.1, 0.15) is 63.9 Å². The van der Waals surface area contributed by atoms with E-state index in [1.807, 2.05) is 50.9 Å². The number of pyridine rings is 1. The summed E-state index contributed by atoms with van der Waals surface area (Å²) >= 11 is 0. The van der Waals surface area contributed by atoms with Crippen LogP contribution in [-0.4, -0.2) is 119 Å². The fourth-order valence-electron chi connectivity index (χ4n) is 9.31. The summed E-state index contributed by atoms with van der Waals surface area (Å²) in [5.74, 6) is 1.10. The summed E-state index contributed by atoms with van der Waals surface area (Å²) in [6.45, 7) is 14.2. The van der Waals surface area contributed by atoms with Crippen LogP contribution >= 0.6 is 0 Å². The number of aliphatic hydroxyl groups excluding tert-OH is 1. The molecular weight excluding hydrogens is 777 g/mol. The third-order valence-corrected chi connectivity index (χ3v) is 12.7. The third-order valence-electron chi connectivity index (χ3n) is 12.7. The first-order valence-electron chi connectivity index (χ1n) is 21.1. The lowest BCUT2D eigenvalue weighted by Crippen LogP contribution is -2.48. The van der Waals surface area contributed by atoms with Gasteiger partial charge in [-0.2, -0.15) is 5.10 Å². The Morgan fingerprint density at radius 2 is 1.85 bits per heavy atom. The molecule has 14 heteroatoms.